The van der Waals surface area contributed by atoms with Crippen LogP contribution in [0.5, 0.6) is 5.75 Å². The van der Waals surface area contributed by atoms with Gasteiger partial charge in [-0.3, -0.25) is 14.5 Å². The Morgan fingerprint density at radius 3 is 2.72 bits per heavy atom. The third-order valence-electron chi connectivity index (χ3n) is 5.31. The van der Waals surface area contributed by atoms with Crippen molar-refractivity contribution in [3.63, 3.8) is 0 Å². The highest BCUT2D eigenvalue weighted by molar-refractivity contribution is 6.05. The summed E-state index contributed by atoms with van der Waals surface area (Å²) in [4.78, 5) is 19.4. The number of hydrogen-bond donors (Lipinski definition) is 1. The molecule has 0 atom stereocenters. The number of carbonyl (C=O) groups is 1. The standard InChI is InChI=1S/C25H27N5O2/c1-29(2)12-13-30-23-15-19(20-7-5-11-26-17-20)9-10-22(23)24(28-30)25(31)27-16-18-6-4-8-21(14-18)32-3/h4-11,14-15,17H,12-13,16H2,1-3H3,(H,27,31). The van der Waals surface area contributed by atoms with Crippen LogP contribution in [0.2, 0.25) is 0 Å². The molecule has 164 valence electrons. The number of ether oxygens (including phenoxy) is 1. The maximum atomic E-state index is 13.1. The van der Waals surface area contributed by atoms with Crippen LogP contribution >= 0.6 is 0 Å². The third-order valence-corrected chi connectivity index (χ3v) is 5.31. The van der Waals surface area contributed by atoms with E-state index in [1.54, 1.807) is 13.3 Å². The van der Waals surface area contributed by atoms with Crippen LogP contribution in [0.1, 0.15) is 16.1 Å². The molecule has 2 aromatic carbocycles. The number of aromatic nitrogens is 3. The SMILES string of the molecule is COc1cccc(CNC(=O)c2nn(CCN(C)C)c3cc(-c4cccnc4)ccc23)c1. The molecule has 4 rings (SSSR count). The molecular formula is C25H27N5O2. The molecule has 2 heterocycles. The van der Waals surface area contributed by atoms with Gasteiger partial charge in [-0.2, -0.15) is 5.10 Å². The normalized spacial score (nSPS) is 11.1. The van der Waals surface area contributed by atoms with Crippen LogP contribution in [-0.2, 0) is 13.1 Å². The highest BCUT2D eigenvalue weighted by Gasteiger charge is 2.18. The molecule has 4 aromatic rings. The van der Waals surface area contributed by atoms with Crippen molar-refractivity contribution in [1.29, 1.82) is 0 Å². The Morgan fingerprint density at radius 1 is 1.09 bits per heavy atom. The van der Waals surface area contributed by atoms with Gasteiger partial charge < -0.3 is 15.0 Å². The molecule has 1 amide bonds. The van der Waals surface area contributed by atoms with Gasteiger partial charge in [-0.1, -0.05) is 24.3 Å². The summed E-state index contributed by atoms with van der Waals surface area (Å²) in [7, 11) is 5.67. The second-order valence-electron chi connectivity index (χ2n) is 7.88. The molecule has 0 unspecified atom stereocenters. The van der Waals surface area contributed by atoms with Crippen LogP contribution < -0.4 is 10.1 Å². The minimum atomic E-state index is -0.199. The Morgan fingerprint density at radius 2 is 1.97 bits per heavy atom. The number of nitrogens with zero attached hydrogens (tertiary/aromatic N) is 4. The molecule has 0 fully saturated rings. The number of fused-ring (bicyclic) bond motifs is 1. The van der Waals surface area contributed by atoms with Gasteiger partial charge in [-0.25, -0.2) is 0 Å². The number of methoxy groups -OCH3 is 1. The number of pyridine rings is 1. The molecule has 32 heavy (non-hydrogen) atoms. The van der Waals surface area contributed by atoms with E-state index in [0.29, 0.717) is 18.8 Å². The van der Waals surface area contributed by atoms with Crippen LogP contribution in [-0.4, -0.2) is 53.3 Å². The van der Waals surface area contributed by atoms with E-state index in [0.717, 1.165) is 39.9 Å². The van der Waals surface area contributed by atoms with Crippen LogP contribution in [0.25, 0.3) is 22.0 Å². The van der Waals surface area contributed by atoms with E-state index >= 15 is 0 Å². The van der Waals surface area contributed by atoms with Crippen molar-refractivity contribution < 1.29 is 9.53 Å². The zero-order chi connectivity index (χ0) is 22.5. The van der Waals surface area contributed by atoms with E-state index in [2.05, 4.69) is 26.4 Å². The predicted molar refractivity (Wildman–Crippen MR) is 126 cm³/mol. The zero-order valence-electron chi connectivity index (χ0n) is 18.6. The number of likely N-dealkylation sites (N-methyl/N-ethyl adjacent to an activating group) is 1. The van der Waals surface area contributed by atoms with Gasteiger partial charge in [0.1, 0.15) is 5.75 Å². The Labute approximate surface area is 187 Å². The van der Waals surface area contributed by atoms with E-state index in [1.807, 2.05) is 73.5 Å². The summed E-state index contributed by atoms with van der Waals surface area (Å²) in [6.07, 6.45) is 3.59. The van der Waals surface area contributed by atoms with Gasteiger partial charge in [0.25, 0.3) is 5.91 Å². The van der Waals surface area contributed by atoms with Gasteiger partial charge in [0, 0.05) is 36.4 Å². The molecule has 2 aromatic heterocycles. The van der Waals surface area contributed by atoms with Crippen molar-refractivity contribution in [2.45, 2.75) is 13.1 Å². The molecule has 7 nitrogen and oxygen atoms in total. The molecule has 0 spiro atoms. The lowest BCUT2D eigenvalue weighted by atomic mass is 10.1. The maximum Gasteiger partial charge on any atom is 0.272 e. The Hall–Kier alpha value is -3.71. The summed E-state index contributed by atoms with van der Waals surface area (Å²) in [6, 6.07) is 17.7. The average molecular weight is 430 g/mol. The second kappa shape index (κ2) is 9.62. The smallest absolute Gasteiger partial charge is 0.272 e. The van der Waals surface area contributed by atoms with Crippen LogP contribution in [0.15, 0.2) is 67.0 Å². The molecular weight excluding hydrogens is 402 g/mol. The Bertz CT molecular complexity index is 1220. The van der Waals surface area contributed by atoms with Crippen molar-refractivity contribution >= 4 is 16.8 Å². The number of amides is 1. The fraction of sp³-hybridized carbons (Fsp3) is 0.240. The fourth-order valence-electron chi connectivity index (χ4n) is 3.57. The lowest BCUT2D eigenvalue weighted by Gasteiger charge is -2.10. The van der Waals surface area contributed by atoms with E-state index < -0.39 is 0 Å². The van der Waals surface area contributed by atoms with Crippen molar-refractivity contribution in [3.05, 3.63) is 78.2 Å². The zero-order valence-corrected chi connectivity index (χ0v) is 18.6. The van der Waals surface area contributed by atoms with Gasteiger partial charge in [0.2, 0.25) is 0 Å². The van der Waals surface area contributed by atoms with E-state index in [9.17, 15) is 4.79 Å². The number of nitrogens with one attached hydrogen (secondary N) is 1. The Balaban J connectivity index is 1.64. The topological polar surface area (TPSA) is 72.3 Å². The first-order chi connectivity index (χ1) is 15.5. The molecule has 0 radical (unpaired) electrons. The molecule has 0 aliphatic heterocycles. The monoisotopic (exact) mass is 429 g/mol. The summed E-state index contributed by atoms with van der Waals surface area (Å²) in [5.41, 5.74) is 4.39. The van der Waals surface area contributed by atoms with Crippen molar-refractivity contribution in [1.82, 2.24) is 25.0 Å². The first kappa shape index (κ1) is 21.5. The molecule has 0 saturated heterocycles. The summed E-state index contributed by atoms with van der Waals surface area (Å²) >= 11 is 0. The molecule has 0 saturated carbocycles. The molecule has 0 bridgehead atoms. The largest absolute Gasteiger partial charge is 0.497 e. The van der Waals surface area contributed by atoms with Gasteiger partial charge in [0.05, 0.1) is 19.2 Å². The summed E-state index contributed by atoms with van der Waals surface area (Å²) in [6.45, 7) is 1.90. The summed E-state index contributed by atoms with van der Waals surface area (Å²) < 4.78 is 7.18. The maximum absolute atomic E-state index is 13.1. The van der Waals surface area contributed by atoms with Crippen molar-refractivity contribution in [3.8, 4) is 16.9 Å². The molecule has 1 N–H and O–H groups in total. The van der Waals surface area contributed by atoms with Crippen molar-refractivity contribution in [2.75, 3.05) is 27.7 Å². The quantitative estimate of drug-likeness (QED) is 0.463. The lowest BCUT2D eigenvalue weighted by Crippen LogP contribution is -2.24. The first-order valence-electron chi connectivity index (χ1n) is 10.5. The van der Waals surface area contributed by atoms with Gasteiger partial charge in [-0.15, -0.1) is 0 Å². The van der Waals surface area contributed by atoms with E-state index in [-0.39, 0.29) is 5.91 Å². The van der Waals surface area contributed by atoms with Crippen molar-refractivity contribution in [2.24, 2.45) is 0 Å². The Kier molecular flexibility index (Phi) is 6.47. The summed E-state index contributed by atoms with van der Waals surface area (Å²) in [5, 5.41) is 8.51. The lowest BCUT2D eigenvalue weighted by molar-refractivity contribution is 0.0946. The van der Waals surface area contributed by atoms with Crippen LogP contribution in [0, 0.1) is 0 Å². The second-order valence-corrected chi connectivity index (χ2v) is 7.88. The van der Waals surface area contributed by atoms with E-state index in [1.165, 1.54) is 0 Å². The highest BCUT2D eigenvalue weighted by Crippen LogP contribution is 2.26. The third kappa shape index (κ3) is 4.78. The van der Waals surface area contributed by atoms with Gasteiger partial charge in [0.15, 0.2) is 5.69 Å². The average Bonchev–Trinajstić information content (AvgIpc) is 3.20. The first-order valence-corrected chi connectivity index (χ1v) is 10.5. The van der Waals surface area contributed by atoms with E-state index in [4.69, 9.17) is 4.74 Å². The minimum Gasteiger partial charge on any atom is -0.497 e. The van der Waals surface area contributed by atoms with Gasteiger partial charge >= 0.3 is 0 Å². The number of rotatable bonds is 8. The summed E-state index contributed by atoms with van der Waals surface area (Å²) in [5.74, 6) is 0.564. The van der Waals surface area contributed by atoms with Gasteiger partial charge in [-0.05, 0) is 55.6 Å². The molecule has 7 heteroatoms. The van der Waals surface area contributed by atoms with Crippen LogP contribution in [0.4, 0.5) is 0 Å². The minimum absolute atomic E-state index is 0.199. The van der Waals surface area contributed by atoms with Crippen LogP contribution in [0.3, 0.4) is 0 Å². The number of carbonyl (C=O) groups excluding carboxylic acids is 1. The predicted octanol–water partition coefficient (Wildman–Crippen LogP) is 3.60. The highest BCUT2D eigenvalue weighted by atomic mass is 16.5. The molecule has 0 aliphatic carbocycles. The fourth-order valence-corrected chi connectivity index (χ4v) is 3.57. The number of hydrogen-bond acceptors (Lipinski definition) is 5. The molecule has 0 aliphatic rings. The number of benzene rings is 2.